The summed E-state index contributed by atoms with van der Waals surface area (Å²) in [4.78, 5) is 25.3. The number of benzene rings is 1. The highest BCUT2D eigenvalue weighted by molar-refractivity contribution is 7.14. The number of fused-ring (bicyclic) bond motifs is 1. The predicted octanol–water partition coefficient (Wildman–Crippen LogP) is 3.34. The number of hydrogen-bond acceptors (Lipinski definition) is 5. The zero-order valence-electron chi connectivity index (χ0n) is 14.3. The van der Waals surface area contributed by atoms with E-state index < -0.39 is 12.0 Å². The minimum Gasteiger partial charge on any atom is -0.481 e. The van der Waals surface area contributed by atoms with Gasteiger partial charge in [0.15, 0.2) is 6.10 Å². The molecule has 2 N–H and O–H groups in total. The van der Waals surface area contributed by atoms with E-state index in [1.807, 2.05) is 6.07 Å². The molecular formula is C19H21NO4S. The summed E-state index contributed by atoms with van der Waals surface area (Å²) < 4.78 is 10.8. The monoisotopic (exact) mass is 359 g/mol. The molecule has 1 heterocycles. The second-order valence-electron chi connectivity index (χ2n) is 6.43. The van der Waals surface area contributed by atoms with Crippen LogP contribution in [0.3, 0.4) is 0 Å². The Morgan fingerprint density at radius 2 is 1.92 bits per heavy atom. The van der Waals surface area contributed by atoms with E-state index in [1.54, 1.807) is 31.2 Å². The number of primary amides is 1. The van der Waals surface area contributed by atoms with E-state index in [0.29, 0.717) is 22.3 Å². The molecule has 2 atom stereocenters. The van der Waals surface area contributed by atoms with Gasteiger partial charge in [-0.05, 0) is 68.0 Å². The summed E-state index contributed by atoms with van der Waals surface area (Å²) >= 11 is 1.53. The van der Waals surface area contributed by atoms with Crippen LogP contribution < -0.4 is 15.2 Å². The molecule has 1 amide bonds. The average Bonchev–Trinajstić information content (AvgIpc) is 2.99. The molecule has 3 rings (SSSR count). The third-order valence-corrected chi connectivity index (χ3v) is 5.50. The van der Waals surface area contributed by atoms with Crippen LogP contribution >= 0.6 is 11.3 Å². The van der Waals surface area contributed by atoms with Gasteiger partial charge in [0.05, 0.1) is 0 Å². The van der Waals surface area contributed by atoms with Gasteiger partial charge in [0.2, 0.25) is 0 Å². The van der Waals surface area contributed by atoms with Crippen LogP contribution in [0.25, 0.3) is 0 Å². The molecule has 0 saturated heterocycles. The number of rotatable bonds is 5. The van der Waals surface area contributed by atoms with Crippen molar-refractivity contribution in [1.29, 1.82) is 0 Å². The maximum atomic E-state index is 12.4. The number of amides is 1. The number of carbonyl (C=O) groups is 2. The number of nitrogens with two attached hydrogens (primary N) is 1. The molecular weight excluding hydrogens is 338 g/mol. The molecule has 0 saturated carbocycles. The third kappa shape index (κ3) is 4.20. The first-order valence-electron chi connectivity index (χ1n) is 8.32. The van der Waals surface area contributed by atoms with Crippen LogP contribution in [0.4, 0.5) is 0 Å². The number of hydrogen-bond donors (Lipinski definition) is 1. The molecule has 1 aromatic carbocycles. The van der Waals surface area contributed by atoms with Crippen molar-refractivity contribution in [3.05, 3.63) is 45.6 Å². The standard InChI is InChI=1S/C19H21NO4S/c1-11-3-8-16-13(9-11)10-17(25-16)19(22)24-15-6-4-14(5-7-15)23-12(2)18(20)21/h4-7,10-12H,3,8-9H2,1-2H3,(H2,20,21)/t11-,12-/m0/s1. The molecule has 0 aliphatic heterocycles. The van der Waals surface area contributed by atoms with E-state index >= 15 is 0 Å². The summed E-state index contributed by atoms with van der Waals surface area (Å²) in [6.07, 6.45) is 2.53. The van der Waals surface area contributed by atoms with Crippen LogP contribution in [0.2, 0.25) is 0 Å². The summed E-state index contributed by atoms with van der Waals surface area (Å²) in [6.45, 7) is 3.82. The summed E-state index contributed by atoms with van der Waals surface area (Å²) in [7, 11) is 0. The fourth-order valence-electron chi connectivity index (χ4n) is 2.81. The third-order valence-electron chi connectivity index (χ3n) is 4.28. The van der Waals surface area contributed by atoms with Crippen molar-refractivity contribution in [1.82, 2.24) is 0 Å². The van der Waals surface area contributed by atoms with Crippen LogP contribution in [0.5, 0.6) is 11.5 Å². The predicted molar refractivity (Wildman–Crippen MR) is 96.2 cm³/mol. The van der Waals surface area contributed by atoms with Crippen LogP contribution in [-0.2, 0) is 17.6 Å². The maximum absolute atomic E-state index is 12.4. The van der Waals surface area contributed by atoms with Crippen LogP contribution in [0.15, 0.2) is 30.3 Å². The lowest BCUT2D eigenvalue weighted by Crippen LogP contribution is -2.30. The lowest BCUT2D eigenvalue weighted by Gasteiger charge is -2.16. The molecule has 0 unspecified atom stereocenters. The van der Waals surface area contributed by atoms with Crippen LogP contribution in [-0.4, -0.2) is 18.0 Å². The van der Waals surface area contributed by atoms with Crippen molar-refractivity contribution in [2.24, 2.45) is 11.7 Å². The van der Waals surface area contributed by atoms with Crippen molar-refractivity contribution < 1.29 is 19.1 Å². The first kappa shape index (κ1) is 17.5. The molecule has 0 spiro atoms. The quantitative estimate of drug-likeness (QED) is 0.656. The van der Waals surface area contributed by atoms with E-state index in [4.69, 9.17) is 15.2 Å². The van der Waals surface area contributed by atoms with Crippen molar-refractivity contribution in [3.8, 4) is 11.5 Å². The summed E-state index contributed by atoms with van der Waals surface area (Å²) in [6, 6.07) is 8.52. The number of ether oxygens (including phenoxy) is 2. The highest BCUT2D eigenvalue weighted by atomic mass is 32.1. The Labute approximate surface area is 150 Å². The molecule has 0 bridgehead atoms. The van der Waals surface area contributed by atoms with Crippen molar-refractivity contribution >= 4 is 23.2 Å². The Balaban J connectivity index is 1.64. The topological polar surface area (TPSA) is 78.6 Å². The van der Waals surface area contributed by atoms with E-state index in [9.17, 15) is 9.59 Å². The summed E-state index contributed by atoms with van der Waals surface area (Å²) in [5.74, 6) is 0.717. The van der Waals surface area contributed by atoms with Gasteiger partial charge in [0.25, 0.3) is 5.91 Å². The molecule has 0 radical (unpaired) electrons. The second kappa shape index (κ2) is 7.27. The van der Waals surface area contributed by atoms with E-state index in [0.717, 1.165) is 12.8 Å². The largest absolute Gasteiger partial charge is 0.481 e. The molecule has 5 nitrogen and oxygen atoms in total. The molecule has 1 aliphatic carbocycles. The fraction of sp³-hybridized carbons (Fsp3) is 0.368. The smallest absolute Gasteiger partial charge is 0.353 e. The average molecular weight is 359 g/mol. The van der Waals surface area contributed by atoms with Gasteiger partial charge in [0, 0.05) is 4.88 Å². The van der Waals surface area contributed by atoms with Gasteiger partial charge in [-0.1, -0.05) is 6.92 Å². The van der Waals surface area contributed by atoms with Crippen molar-refractivity contribution in [3.63, 3.8) is 0 Å². The number of thiophene rings is 1. The zero-order valence-corrected chi connectivity index (χ0v) is 15.1. The molecule has 1 aromatic heterocycles. The van der Waals surface area contributed by atoms with Gasteiger partial charge in [-0.3, -0.25) is 4.79 Å². The van der Waals surface area contributed by atoms with Crippen LogP contribution in [0.1, 0.15) is 40.4 Å². The molecule has 0 fully saturated rings. The number of aryl methyl sites for hydroxylation is 1. The highest BCUT2D eigenvalue weighted by Gasteiger charge is 2.21. The van der Waals surface area contributed by atoms with Gasteiger partial charge in [0.1, 0.15) is 16.4 Å². The Hall–Kier alpha value is -2.34. The van der Waals surface area contributed by atoms with Crippen molar-refractivity contribution in [2.45, 2.75) is 39.2 Å². The minimum absolute atomic E-state index is 0.341. The van der Waals surface area contributed by atoms with E-state index in [1.165, 1.54) is 28.2 Å². The second-order valence-corrected chi connectivity index (χ2v) is 7.57. The van der Waals surface area contributed by atoms with Gasteiger partial charge in [-0.15, -0.1) is 11.3 Å². The molecule has 1 aliphatic rings. The Morgan fingerprint density at radius 1 is 1.24 bits per heavy atom. The Morgan fingerprint density at radius 3 is 2.60 bits per heavy atom. The van der Waals surface area contributed by atoms with E-state index in [2.05, 4.69) is 6.92 Å². The Bertz CT molecular complexity index is 781. The molecule has 6 heteroatoms. The maximum Gasteiger partial charge on any atom is 0.353 e. The number of esters is 1. The van der Waals surface area contributed by atoms with Crippen molar-refractivity contribution in [2.75, 3.05) is 0 Å². The van der Waals surface area contributed by atoms with Gasteiger partial charge in [-0.2, -0.15) is 0 Å². The summed E-state index contributed by atoms with van der Waals surface area (Å²) in [5.41, 5.74) is 6.44. The number of carbonyl (C=O) groups excluding carboxylic acids is 2. The summed E-state index contributed by atoms with van der Waals surface area (Å²) in [5, 5.41) is 0. The molecule has 25 heavy (non-hydrogen) atoms. The molecule has 132 valence electrons. The first-order chi connectivity index (χ1) is 11.9. The minimum atomic E-state index is -0.715. The highest BCUT2D eigenvalue weighted by Crippen LogP contribution is 2.32. The van der Waals surface area contributed by atoms with Gasteiger partial charge < -0.3 is 15.2 Å². The van der Waals surface area contributed by atoms with Gasteiger partial charge >= 0.3 is 5.97 Å². The lowest BCUT2D eigenvalue weighted by atomic mass is 9.90. The molecule has 2 aromatic rings. The first-order valence-corrected chi connectivity index (χ1v) is 9.14. The zero-order chi connectivity index (χ0) is 18.0. The lowest BCUT2D eigenvalue weighted by molar-refractivity contribution is -0.123. The van der Waals surface area contributed by atoms with Gasteiger partial charge in [-0.25, -0.2) is 4.79 Å². The SMILES string of the molecule is C[C@H]1CCc2sc(C(=O)Oc3ccc(O[C@@H](C)C(N)=O)cc3)cc2C1. The Kier molecular flexibility index (Phi) is 5.08. The van der Waals surface area contributed by atoms with E-state index in [-0.39, 0.29) is 5.97 Å². The fourth-order valence-corrected chi connectivity index (χ4v) is 3.90. The normalized spacial score (nSPS) is 17.4. The van der Waals surface area contributed by atoms with Crippen LogP contribution in [0, 0.1) is 5.92 Å².